The van der Waals surface area contributed by atoms with E-state index >= 15 is 0 Å². The van der Waals surface area contributed by atoms with Crippen LogP contribution in [0.15, 0.2) is 36.4 Å². The summed E-state index contributed by atoms with van der Waals surface area (Å²) in [5, 5.41) is 9.37. The third-order valence-corrected chi connectivity index (χ3v) is 2.78. The lowest BCUT2D eigenvalue weighted by atomic mass is 10.2. The first-order valence-corrected chi connectivity index (χ1v) is 5.82. The highest BCUT2D eigenvalue weighted by Crippen LogP contribution is 2.30. The summed E-state index contributed by atoms with van der Waals surface area (Å²) in [5.74, 6) is -1.23. The Balaban J connectivity index is 2.43. The molecular formula is C14H10ClFO3. The highest BCUT2D eigenvalue weighted by atomic mass is 35.5. The number of rotatable bonds is 3. The van der Waals surface area contributed by atoms with Gasteiger partial charge in [0.2, 0.25) is 0 Å². The van der Waals surface area contributed by atoms with E-state index in [0.29, 0.717) is 10.6 Å². The lowest BCUT2D eigenvalue weighted by Crippen LogP contribution is -2.00. The third kappa shape index (κ3) is 3.03. The van der Waals surface area contributed by atoms with Crippen LogP contribution in [0.1, 0.15) is 15.9 Å². The van der Waals surface area contributed by atoms with Crippen molar-refractivity contribution in [1.29, 1.82) is 0 Å². The van der Waals surface area contributed by atoms with Gasteiger partial charge in [0, 0.05) is 11.1 Å². The zero-order valence-electron chi connectivity index (χ0n) is 9.98. The predicted molar refractivity (Wildman–Crippen MR) is 69.6 cm³/mol. The SMILES string of the molecule is Cc1ccc(F)cc1Oc1ccc(Cl)cc1C(=O)O. The second-order valence-corrected chi connectivity index (χ2v) is 4.39. The van der Waals surface area contributed by atoms with Crippen LogP contribution in [0, 0.1) is 12.7 Å². The van der Waals surface area contributed by atoms with Gasteiger partial charge >= 0.3 is 5.97 Å². The first kappa shape index (κ1) is 13.4. The molecule has 1 N–H and O–H groups in total. The lowest BCUT2D eigenvalue weighted by molar-refractivity contribution is 0.0694. The van der Waals surface area contributed by atoms with Crippen molar-refractivity contribution in [3.63, 3.8) is 0 Å². The molecule has 0 aliphatic carbocycles. The van der Waals surface area contributed by atoms with Gasteiger partial charge in [-0.2, -0.15) is 0 Å². The lowest BCUT2D eigenvalue weighted by Gasteiger charge is -2.11. The molecule has 2 aromatic carbocycles. The van der Waals surface area contributed by atoms with Gasteiger partial charge < -0.3 is 9.84 Å². The maximum Gasteiger partial charge on any atom is 0.339 e. The fraction of sp³-hybridized carbons (Fsp3) is 0.0714. The van der Waals surface area contributed by atoms with E-state index < -0.39 is 11.8 Å². The van der Waals surface area contributed by atoms with E-state index in [-0.39, 0.29) is 17.1 Å². The van der Waals surface area contributed by atoms with E-state index in [1.54, 1.807) is 13.0 Å². The van der Waals surface area contributed by atoms with Crippen LogP contribution >= 0.6 is 11.6 Å². The fourth-order valence-electron chi connectivity index (χ4n) is 1.56. The standard InChI is InChI=1S/C14H10ClFO3/c1-8-2-4-10(16)7-13(8)19-12-5-3-9(15)6-11(12)14(17)18/h2-7H,1H3,(H,17,18). The molecular weight excluding hydrogens is 271 g/mol. The van der Waals surface area contributed by atoms with Gasteiger partial charge in [0.1, 0.15) is 22.9 Å². The van der Waals surface area contributed by atoms with Crippen molar-refractivity contribution in [2.75, 3.05) is 0 Å². The summed E-state index contributed by atoms with van der Waals surface area (Å²) < 4.78 is 18.6. The van der Waals surface area contributed by atoms with Crippen molar-refractivity contribution >= 4 is 17.6 Å². The van der Waals surface area contributed by atoms with Crippen LogP contribution in [-0.4, -0.2) is 11.1 Å². The first-order valence-electron chi connectivity index (χ1n) is 5.44. The van der Waals surface area contributed by atoms with Crippen molar-refractivity contribution in [1.82, 2.24) is 0 Å². The van der Waals surface area contributed by atoms with E-state index in [4.69, 9.17) is 21.4 Å². The summed E-state index contributed by atoms with van der Waals surface area (Å²) in [6, 6.07) is 8.31. The summed E-state index contributed by atoms with van der Waals surface area (Å²) in [5.41, 5.74) is 0.629. The van der Waals surface area contributed by atoms with Gasteiger partial charge in [-0.25, -0.2) is 9.18 Å². The Morgan fingerprint density at radius 3 is 2.63 bits per heavy atom. The van der Waals surface area contributed by atoms with E-state index in [0.717, 1.165) is 0 Å². The number of aromatic carboxylic acids is 1. The normalized spacial score (nSPS) is 10.3. The van der Waals surface area contributed by atoms with Crippen LogP contribution in [-0.2, 0) is 0 Å². The number of carboxylic acids is 1. The van der Waals surface area contributed by atoms with Crippen molar-refractivity contribution in [2.45, 2.75) is 6.92 Å². The zero-order chi connectivity index (χ0) is 14.0. The summed E-state index contributed by atoms with van der Waals surface area (Å²) in [7, 11) is 0. The molecule has 0 saturated carbocycles. The predicted octanol–water partition coefficient (Wildman–Crippen LogP) is 4.28. The Hall–Kier alpha value is -2.07. The Morgan fingerprint density at radius 2 is 1.95 bits per heavy atom. The molecule has 0 bridgehead atoms. The van der Waals surface area contributed by atoms with Crippen molar-refractivity contribution in [3.05, 3.63) is 58.4 Å². The number of aryl methyl sites for hydroxylation is 1. The number of ether oxygens (including phenoxy) is 1. The topological polar surface area (TPSA) is 46.5 Å². The molecule has 0 saturated heterocycles. The van der Waals surface area contributed by atoms with Crippen molar-refractivity contribution < 1.29 is 19.0 Å². The van der Waals surface area contributed by atoms with Gasteiger partial charge in [0.25, 0.3) is 0 Å². The Kier molecular flexibility index (Phi) is 3.71. The molecule has 2 aromatic rings. The number of hydrogen-bond acceptors (Lipinski definition) is 2. The number of carboxylic acid groups (broad SMARTS) is 1. The molecule has 0 aliphatic rings. The molecule has 0 fully saturated rings. The largest absolute Gasteiger partial charge is 0.478 e. The minimum Gasteiger partial charge on any atom is -0.478 e. The first-order chi connectivity index (χ1) is 8.97. The molecule has 0 aromatic heterocycles. The fourth-order valence-corrected chi connectivity index (χ4v) is 1.73. The van der Waals surface area contributed by atoms with E-state index in [2.05, 4.69) is 0 Å². The Labute approximate surface area is 114 Å². The minimum atomic E-state index is -1.16. The molecule has 5 heteroatoms. The maximum atomic E-state index is 13.2. The van der Waals surface area contributed by atoms with E-state index in [1.165, 1.54) is 30.3 Å². The van der Waals surface area contributed by atoms with Crippen molar-refractivity contribution in [2.24, 2.45) is 0 Å². The third-order valence-electron chi connectivity index (χ3n) is 2.54. The Morgan fingerprint density at radius 1 is 1.21 bits per heavy atom. The van der Waals surface area contributed by atoms with Gasteiger partial charge in [0.05, 0.1) is 0 Å². The summed E-state index contributed by atoms with van der Waals surface area (Å²) in [6.07, 6.45) is 0. The van der Waals surface area contributed by atoms with Crippen LogP contribution in [0.2, 0.25) is 5.02 Å². The van der Waals surface area contributed by atoms with Gasteiger partial charge in [-0.15, -0.1) is 0 Å². The van der Waals surface area contributed by atoms with Gasteiger partial charge in [-0.05, 0) is 36.8 Å². The molecule has 3 nitrogen and oxygen atoms in total. The summed E-state index contributed by atoms with van der Waals surface area (Å²) >= 11 is 5.74. The summed E-state index contributed by atoms with van der Waals surface area (Å²) in [6.45, 7) is 1.74. The molecule has 0 atom stereocenters. The molecule has 0 amide bonds. The molecule has 0 unspecified atom stereocenters. The molecule has 0 aliphatic heterocycles. The smallest absolute Gasteiger partial charge is 0.339 e. The van der Waals surface area contributed by atoms with Crippen LogP contribution in [0.4, 0.5) is 4.39 Å². The molecule has 19 heavy (non-hydrogen) atoms. The number of carbonyl (C=O) groups is 1. The molecule has 0 radical (unpaired) electrons. The zero-order valence-corrected chi connectivity index (χ0v) is 10.7. The maximum absolute atomic E-state index is 13.2. The molecule has 0 spiro atoms. The van der Waals surface area contributed by atoms with E-state index in [1.807, 2.05) is 0 Å². The highest BCUT2D eigenvalue weighted by Gasteiger charge is 2.14. The average molecular weight is 281 g/mol. The number of halogens is 2. The van der Waals surface area contributed by atoms with Gasteiger partial charge in [-0.1, -0.05) is 17.7 Å². The highest BCUT2D eigenvalue weighted by molar-refractivity contribution is 6.31. The number of benzene rings is 2. The van der Waals surface area contributed by atoms with Crippen LogP contribution in [0.25, 0.3) is 0 Å². The number of hydrogen-bond donors (Lipinski definition) is 1. The van der Waals surface area contributed by atoms with Crippen molar-refractivity contribution in [3.8, 4) is 11.5 Å². The monoisotopic (exact) mass is 280 g/mol. The summed E-state index contributed by atoms with van der Waals surface area (Å²) in [4.78, 5) is 11.1. The average Bonchev–Trinajstić information content (AvgIpc) is 2.35. The Bertz CT molecular complexity index is 641. The molecule has 0 heterocycles. The van der Waals surface area contributed by atoms with Crippen LogP contribution in [0.3, 0.4) is 0 Å². The second-order valence-electron chi connectivity index (χ2n) is 3.96. The quantitative estimate of drug-likeness (QED) is 0.913. The minimum absolute atomic E-state index is 0.0730. The van der Waals surface area contributed by atoms with Gasteiger partial charge in [0.15, 0.2) is 0 Å². The second kappa shape index (κ2) is 5.28. The van der Waals surface area contributed by atoms with Crippen LogP contribution < -0.4 is 4.74 Å². The molecule has 2 rings (SSSR count). The van der Waals surface area contributed by atoms with E-state index in [9.17, 15) is 9.18 Å². The van der Waals surface area contributed by atoms with Gasteiger partial charge in [-0.3, -0.25) is 0 Å². The van der Waals surface area contributed by atoms with Crippen LogP contribution in [0.5, 0.6) is 11.5 Å². The molecule has 98 valence electrons.